The first-order valence-electron chi connectivity index (χ1n) is 7.50. The van der Waals surface area contributed by atoms with E-state index in [-0.39, 0.29) is 22.4 Å². The van der Waals surface area contributed by atoms with Crippen LogP contribution in [0.3, 0.4) is 0 Å². The van der Waals surface area contributed by atoms with Gasteiger partial charge in [0.15, 0.2) is 5.75 Å². The van der Waals surface area contributed by atoms with E-state index in [0.29, 0.717) is 19.1 Å². The van der Waals surface area contributed by atoms with E-state index in [2.05, 4.69) is 5.32 Å². The Morgan fingerprint density at radius 3 is 2.74 bits per heavy atom. The third-order valence-electron chi connectivity index (χ3n) is 4.47. The van der Waals surface area contributed by atoms with Crippen LogP contribution in [0.4, 0.5) is 5.69 Å². The van der Waals surface area contributed by atoms with Crippen LogP contribution in [0.15, 0.2) is 23.1 Å². The molecular formula is C14H19N3O5S. The van der Waals surface area contributed by atoms with Crippen LogP contribution < -0.4 is 10.1 Å². The number of nitro benzene ring substituents is 1. The number of nitrogens with zero attached hydrogens (tertiary/aromatic N) is 2. The van der Waals surface area contributed by atoms with E-state index in [1.807, 2.05) is 0 Å². The fraction of sp³-hybridized carbons (Fsp3) is 0.571. The lowest BCUT2D eigenvalue weighted by atomic mass is 10.1. The number of nitrogens with one attached hydrogen (secondary N) is 1. The number of benzene rings is 1. The quantitative estimate of drug-likeness (QED) is 0.650. The molecule has 1 N–H and O–H groups in total. The van der Waals surface area contributed by atoms with Crippen LogP contribution in [0.1, 0.15) is 19.3 Å². The highest BCUT2D eigenvalue weighted by molar-refractivity contribution is 7.89. The number of ether oxygens (including phenoxy) is 1. The minimum absolute atomic E-state index is 0.0257. The second-order valence-corrected chi connectivity index (χ2v) is 7.82. The van der Waals surface area contributed by atoms with Crippen molar-refractivity contribution in [2.45, 2.75) is 36.2 Å². The van der Waals surface area contributed by atoms with Gasteiger partial charge in [-0.05, 0) is 25.3 Å². The SMILES string of the molecule is COc1cc(S(=O)(=O)N2CCC3CCC(C2)N3)ccc1[N+](=O)[O-]. The van der Waals surface area contributed by atoms with Crippen molar-refractivity contribution in [3.8, 4) is 5.75 Å². The minimum atomic E-state index is -3.69. The monoisotopic (exact) mass is 341 g/mol. The number of sulfonamides is 1. The number of hydrogen-bond donors (Lipinski definition) is 1. The summed E-state index contributed by atoms with van der Waals surface area (Å²) in [5.41, 5.74) is -0.247. The van der Waals surface area contributed by atoms with Gasteiger partial charge >= 0.3 is 5.69 Å². The van der Waals surface area contributed by atoms with Crippen LogP contribution in [0.2, 0.25) is 0 Å². The highest BCUT2D eigenvalue weighted by Gasteiger charge is 2.35. The Morgan fingerprint density at radius 2 is 2.04 bits per heavy atom. The van der Waals surface area contributed by atoms with Crippen molar-refractivity contribution < 1.29 is 18.1 Å². The Hall–Kier alpha value is -1.71. The van der Waals surface area contributed by atoms with E-state index >= 15 is 0 Å². The van der Waals surface area contributed by atoms with Crippen LogP contribution in [0, 0.1) is 10.1 Å². The zero-order valence-corrected chi connectivity index (χ0v) is 13.6. The summed E-state index contributed by atoms with van der Waals surface area (Å²) in [5.74, 6) is -0.0504. The largest absolute Gasteiger partial charge is 0.490 e. The van der Waals surface area contributed by atoms with E-state index in [1.165, 1.54) is 29.6 Å². The smallest absolute Gasteiger partial charge is 0.310 e. The molecule has 8 nitrogen and oxygen atoms in total. The minimum Gasteiger partial charge on any atom is -0.490 e. The molecule has 2 unspecified atom stereocenters. The van der Waals surface area contributed by atoms with Crippen LogP contribution in [-0.2, 0) is 10.0 Å². The second kappa shape index (κ2) is 6.06. The van der Waals surface area contributed by atoms with Crippen LogP contribution >= 0.6 is 0 Å². The summed E-state index contributed by atoms with van der Waals surface area (Å²) in [6.45, 7) is 0.883. The summed E-state index contributed by atoms with van der Waals surface area (Å²) in [5, 5.41) is 14.4. The molecular weight excluding hydrogens is 322 g/mol. The molecule has 2 saturated heterocycles. The molecule has 2 bridgehead atoms. The van der Waals surface area contributed by atoms with Gasteiger partial charge in [0, 0.05) is 37.3 Å². The molecule has 2 fully saturated rings. The summed E-state index contributed by atoms with van der Waals surface area (Å²) in [6.07, 6.45) is 2.84. The maximum absolute atomic E-state index is 12.8. The fourth-order valence-corrected chi connectivity index (χ4v) is 4.76. The zero-order chi connectivity index (χ0) is 16.6. The fourth-order valence-electron chi connectivity index (χ4n) is 3.25. The standard InChI is InChI=1S/C14H19N3O5S/c1-22-14-8-12(4-5-13(14)17(18)19)23(20,21)16-7-6-10-2-3-11(9-16)15-10/h4-5,8,10-11,15H,2-3,6-7,9H2,1H3. The molecule has 0 spiro atoms. The average molecular weight is 341 g/mol. The van der Waals surface area contributed by atoms with Gasteiger partial charge in [0.25, 0.3) is 0 Å². The van der Waals surface area contributed by atoms with Crippen molar-refractivity contribution in [3.63, 3.8) is 0 Å². The van der Waals surface area contributed by atoms with E-state index in [9.17, 15) is 18.5 Å². The molecule has 126 valence electrons. The maximum Gasteiger partial charge on any atom is 0.310 e. The molecule has 0 aliphatic carbocycles. The van der Waals surface area contributed by atoms with Gasteiger partial charge in [0.2, 0.25) is 10.0 Å². The number of rotatable bonds is 4. The van der Waals surface area contributed by atoms with E-state index in [4.69, 9.17) is 4.74 Å². The molecule has 2 atom stereocenters. The number of nitro groups is 1. The Labute approximate surface area is 134 Å². The van der Waals surface area contributed by atoms with E-state index in [0.717, 1.165) is 19.3 Å². The van der Waals surface area contributed by atoms with Crippen molar-refractivity contribution in [1.82, 2.24) is 9.62 Å². The van der Waals surface area contributed by atoms with Crippen molar-refractivity contribution in [3.05, 3.63) is 28.3 Å². The van der Waals surface area contributed by atoms with Gasteiger partial charge in [-0.1, -0.05) is 0 Å². The number of fused-ring (bicyclic) bond motifs is 2. The van der Waals surface area contributed by atoms with Crippen LogP contribution in [-0.4, -0.2) is 49.9 Å². The van der Waals surface area contributed by atoms with Gasteiger partial charge in [-0.25, -0.2) is 8.42 Å². The highest BCUT2D eigenvalue weighted by atomic mass is 32.2. The van der Waals surface area contributed by atoms with Gasteiger partial charge in [-0.2, -0.15) is 4.31 Å². The van der Waals surface area contributed by atoms with Gasteiger partial charge in [0.05, 0.1) is 16.9 Å². The highest BCUT2D eigenvalue weighted by Crippen LogP contribution is 2.31. The van der Waals surface area contributed by atoms with Crippen molar-refractivity contribution in [2.75, 3.05) is 20.2 Å². The maximum atomic E-state index is 12.8. The molecule has 0 saturated carbocycles. The molecule has 23 heavy (non-hydrogen) atoms. The van der Waals surface area contributed by atoms with Gasteiger partial charge in [-0.3, -0.25) is 10.1 Å². The van der Waals surface area contributed by atoms with Crippen LogP contribution in [0.5, 0.6) is 5.75 Å². The predicted molar refractivity (Wildman–Crippen MR) is 83.0 cm³/mol. The first-order chi connectivity index (χ1) is 10.9. The van der Waals surface area contributed by atoms with Crippen molar-refractivity contribution >= 4 is 15.7 Å². The summed E-state index contributed by atoms with van der Waals surface area (Å²) in [6, 6.07) is 4.23. The molecule has 1 aromatic rings. The second-order valence-electron chi connectivity index (χ2n) is 5.88. The van der Waals surface area contributed by atoms with Crippen molar-refractivity contribution in [1.29, 1.82) is 0 Å². The van der Waals surface area contributed by atoms with Gasteiger partial charge in [-0.15, -0.1) is 0 Å². The molecule has 0 radical (unpaired) electrons. The third-order valence-corrected chi connectivity index (χ3v) is 6.33. The lowest BCUT2D eigenvalue weighted by molar-refractivity contribution is -0.385. The van der Waals surface area contributed by atoms with Gasteiger partial charge in [0.1, 0.15) is 0 Å². The normalized spacial score (nSPS) is 25.1. The lowest BCUT2D eigenvalue weighted by Gasteiger charge is -2.23. The zero-order valence-electron chi connectivity index (χ0n) is 12.8. The Balaban J connectivity index is 1.91. The Morgan fingerprint density at radius 1 is 1.30 bits per heavy atom. The topological polar surface area (TPSA) is 102 Å². The summed E-state index contributed by atoms with van der Waals surface area (Å²) in [7, 11) is -2.41. The molecule has 2 aliphatic rings. The number of hydrogen-bond acceptors (Lipinski definition) is 6. The molecule has 2 aliphatic heterocycles. The first-order valence-corrected chi connectivity index (χ1v) is 8.94. The Bertz CT molecular complexity index is 721. The molecule has 0 aromatic heterocycles. The van der Waals surface area contributed by atoms with E-state index < -0.39 is 14.9 Å². The van der Waals surface area contributed by atoms with E-state index in [1.54, 1.807) is 0 Å². The van der Waals surface area contributed by atoms with Gasteiger partial charge < -0.3 is 10.1 Å². The molecule has 2 heterocycles. The van der Waals surface area contributed by atoms with Crippen LogP contribution in [0.25, 0.3) is 0 Å². The first kappa shape index (κ1) is 16.2. The predicted octanol–water partition coefficient (Wildman–Crippen LogP) is 1.12. The Kier molecular flexibility index (Phi) is 4.26. The van der Waals surface area contributed by atoms with Crippen molar-refractivity contribution in [2.24, 2.45) is 0 Å². The molecule has 3 rings (SSSR count). The molecule has 0 amide bonds. The number of methoxy groups -OCH3 is 1. The average Bonchev–Trinajstić information content (AvgIpc) is 2.84. The molecule has 9 heteroatoms. The molecule has 1 aromatic carbocycles. The summed E-state index contributed by atoms with van der Waals surface area (Å²) < 4.78 is 32.1. The summed E-state index contributed by atoms with van der Waals surface area (Å²) >= 11 is 0. The lowest BCUT2D eigenvalue weighted by Crippen LogP contribution is -2.39. The third kappa shape index (κ3) is 3.04. The summed E-state index contributed by atoms with van der Waals surface area (Å²) in [4.78, 5) is 10.4.